The number of hydrogen-bond acceptors (Lipinski definition) is 7. The summed E-state index contributed by atoms with van der Waals surface area (Å²) >= 11 is 6.77. The van der Waals surface area contributed by atoms with Crippen molar-refractivity contribution in [3.05, 3.63) is 41.1 Å². The average Bonchev–Trinajstić information content (AvgIpc) is 3.33. The summed E-state index contributed by atoms with van der Waals surface area (Å²) in [5, 5.41) is 16.4. The summed E-state index contributed by atoms with van der Waals surface area (Å²) in [5.41, 5.74) is 2.09. The van der Waals surface area contributed by atoms with Crippen LogP contribution in [-0.4, -0.2) is 55.5 Å². The van der Waals surface area contributed by atoms with Gasteiger partial charge in [-0.1, -0.05) is 18.5 Å². The smallest absolute Gasteiger partial charge is 0.247 e. The monoisotopic (exact) mass is 484 g/mol. The number of halogens is 2. The maximum atomic E-state index is 14.6. The van der Waals surface area contributed by atoms with Gasteiger partial charge < -0.3 is 15.5 Å². The predicted octanol–water partition coefficient (Wildman–Crippen LogP) is 4.16. The summed E-state index contributed by atoms with van der Waals surface area (Å²) in [4.78, 5) is 19.1. The van der Waals surface area contributed by atoms with Crippen LogP contribution in [0.5, 0.6) is 0 Å². The van der Waals surface area contributed by atoms with Crippen LogP contribution in [0.2, 0.25) is 5.02 Å². The molecule has 1 aliphatic rings. The fraction of sp³-hybridized carbons (Fsp3) is 0.391. The first-order valence-electron chi connectivity index (χ1n) is 11.3. The van der Waals surface area contributed by atoms with Crippen LogP contribution < -0.4 is 15.5 Å². The van der Waals surface area contributed by atoms with E-state index in [0.717, 1.165) is 18.8 Å². The Morgan fingerprint density at radius 3 is 2.68 bits per heavy atom. The first kappa shape index (κ1) is 22.5. The number of carbonyl (C=O) groups is 1. The Kier molecular flexibility index (Phi) is 5.65. The van der Waals surface area contributed by atoms with E-state index in [1.54, 1.807) is 20.0 Å². The van der Waals surface area contributed by atoms with Crippen molar-refractivity contribution < 1.29 is 9.18 Å². The summed E-state index contributed by atoms with van der Waals surface area (Å²) in [6.07, 6.45) is 1.90. The Morgan fingerprint density at radius 2 is 1.97 bits per heavy atom. The molecule has 9 nitrogen and oxygen atoms in total. The van der Waals surface area contributed by atoms with Gasteiger partial charge in [-0.15, -0.1) is 5.10 Å². The topological polar surface area (TPSA) is 92.4 Å². The van der Waals surface area contributed by atoms with Crippen LogP contribution in [0.25, 0.3) is 16.6 Å². The number of nitrogens with one attached hydrogen (secondary N) is 2. The number of nitrogens with zero attached hydrogens (tertiary/aromatic N) is 6. The number of carbonyl (C=O) groups excluding carboxylic acids is 1. The van der Waals surface area contributed by atoms with Crippen LogP contribution in [0, 0.1) is 12.7 Å². The van der Waals surface area contributed by atoms with Gasteiger partial charge in [0, 0.05) is 43.3 Å². The van der Waals surface area contributed by atoms with Crippen LogP contribution in [0.1, 0.15) is 37.8 Å². The Labute approximate surface area is 200 Å². The zero-order valence-electron chi connectivity index (χ0n) is 19.4. The van der Waals surface area contributed by atoms with Crippen molar-refractivity contribution in [1.29, 1.82) is 0 Å². The van der Waals surface area contributed by atoms with Crippen molar-refractivity contribution in [2.75, 3.05) is 23.3 Å². The maximum Gasteiger partial charge on any atom is 0.247 e. The second-order valence-corrected chi connectivity index (χ2v) is 9.24. The maximum absolute atomic E-state index is 14.6. The molecule has 4 heterocycles. The second kappa shape index (κ2) is 8.52. The molecule has 0 bridgehead atoms. The summed E-state index contributed by atoms with van der Waals surface area (Å²) < 4.78 is 17.3. The lowest BCUT2D eigenvalue weighted by Crippen LogP contribution is -2.54. The molecule has 0 unspecified atom stereocenters. The fourth-order valence-corrected chi connectivity index (χ4v) is 4.89. The van der Waals surface area contributed by atoms with Gasteiger partial charge in [-0.3, -0.25) is 4.79 Å². The molecule has 0 aliphatic carbocycles. The van der Waals surface area contributed by atoms with Gasteiger partial charge in [0.2, 0.25) is 5.91 Å². The van der Waals surface area contributed by atoms with E-state index in [0.29, 0.717) is 45.3 Å². The molecule has 0 amide bonds. The molecule has 3 aromatic heterocycles. The van der Waals surface area contributed by atoms with Crippen LogP contribution >= 0.6 is 11.6 Å². The predicted molar refractivity (Wildman–Crippen MR) is 131 cm³/mol. The largest absolute Gasteiger partial charge is 0.368 e. The number of pyridine rings is 1. The van der Waals surface area contributed by atoms with Crippen molar-refractivity contribution >= 4 is 51.3 Å². The Hall–Kier alpha value is -3.24. The Morgan fingerprint density at radius 1 is 1.24 bits per heavy atom. The van der Waals surface area contributed by atoms with Gasteiger partial charge in [0.15, 0.2) is 17.3 Å². The molecule has 34 heavy (non-hydrogen) atoms. The van der Waals surface area contributed by atoms with Crippen LogP contribution in [-0.2, 0) is 0 Å². The van der Waals surface area contributed by atoms with Crippen molar-refractivity contribution in [3.63, 3.8) is 0 Å². The SMILES string of the molecule is CCC(=O)n1nc(Nc2cc(F)c3nc(C)nn3c2)c2c(Cl)cc(N3C[C@H](C)N[C@@H](C)C3)cc21. The van der Waals surface area contributed by atoms with Crippen molar-refractivity contribution in [2.24, 2.45) is 0 Å². The second-order valence-electron chi connectivity index (χ2n) is 8.83. The first-order chi connectivity index (χ1) is 16.2. The van der Waals surface area contributed by atoms with Gasteiger partial charge in [0.05, 0.1) is 27.8 Å². The van der Waals surface area contributed by atoms with Gasteiger partial charge in [0.25, 0.3) is 0 Å². The number of piperazine rings is 1. The molecule has 0 radical (unpaired) electrons. The number of aryl methyl sites for hydroxylation is 1. The summed E-state index contributed by atoms with van der Waals surface area (Å²) in [7, 11) is 0. The third-order valence-electron chi connectivity index (χ3n) is 5.94. The molecule has 178 valence electrons. The third kappa shape index (κ3) is 3.97. The van der Waals surface area contributed by atoms with Crippen LogP contribution in [0.15, 0.2) is 24.4 Å². The number of hydrogen-bond donors (Lipinski definition) is 2. The summed E-state index contributed by atoms with van der Waals surface area (Å²) in [6, 6.07) is 5.81. The highest BCUT2D eigenvalue weighted by Crippen LogP contribution is 2.36. The van der Waals surface area contributed by atoms with Gasteiger partial charge in [-0.05, 0) is 32.9 Å². The molecule has 1 aliphatic heterocycles. The molecule has 1 saturated heterocycles. The molecule has 2 atom stereocenters. The zero-order chi connectivity index (χ0) is 24.1. The molecule has 1 fully saturated rings. The number of aromatic nitrogens is 5. The Balaban J connectivity index is 1.61. The van der Waals surface area contributed by atoms with Gasteiger partial charge in [0.1, 0.15) is 5.82 Å². The van der Waals surface area contributed by atoms with Crippen molar-refractivity contribution in [1.82, 2.24) is 29.7 Å². The lowest BCUT2D eigenvalue weighted by Gasteiger charge is -2.37. The van der Waals surface area contributed by atoms with Crippen LogP contribution in [0.4, 0.5) is 21.6 Å². The highest BCUT2D eigenvalue weighted by Gasteiger charge is 2.25. The molecule has 5 rings (SSSR count). The standard InChI is InChI=1S/C23H26ClFN8O/c1-5-20(34)33-19-8-16(31-9-12(2)26-13(3)10-31)7-17(24)21(19)22(30-33)28-15-6-18(25)23-27-14(4)29-32(23)11-15/h6-8,11-13,26H,5,9-10H2,1-4H3,(H,28,30)/t12-,13-/m0/s1. The normalized spacial score (nSPS) is 18.7. The van der Waals surface area contributed by atoms with Crippen LogP contribution in [0.3, 0.4) is 0 Å². The summed E-state index contributed by atoms with van der Waals surface area (Å²) in [5.74, 6) is 0.147. The fourth-order valence-electron chi connectivity index (χ4n) is 4.59. The minimum atomic E-state index is -0.519. The number of benzene rings is 1. The zero-order valence-corrected chi connectivity index (χ0v) is 20.2. The molecule has 0 spiro atoms. The quantitative estimate of drug-likeness (QED) is 0.449. The van der Waals surface area contributed by atoms with Gasteiger partial charge in [-0.2, -0.15) is 9.78 Å². The minimum absolute atomic E-state index is 0.141. The molecule has 0 saturated carbocycles. The third-order valence-corrected chi connectivity index (χ3v) is 6.24. The van der Waals surface area contributed by atoms with Gasteiger partial charge >= 0.3 is 0 Å². The number of rotatable bonds is 4. The summed E-state index contributed by atoms with van der Waals surface area (Å²) in [6.45, 7) is 9.41. The molecular formula is C23H26ClFN8O. The molecular weight excluding hydrogens is 459 g/mol. The lowest BCUT2D eigenvalue weighted by molar-refractivity contribution is 0.0899. The molecule has 4 aromatic rings. The van der Waals surface area contributed by atoms with E-state index in [1.165, 1.54) is 15.3 Å². The van der Waals surface area contributed by atoms with Crippen molar-refractivity contribution in [3.8, 4) is 0 Å². The van der Waals surface area contributed by atoms with Gasteiger partial charge in [-0.25, -0.2) is 13.9 Å². The highest BCUT2D eigenvalue weighted by atomic mass is 35.5. The lowest BCUT2D eigenvalue weighted by atomic mass is 10.1. The number of anilines is 3. The van der Waals surface area contributed by atoms with E-state index in [9.17, 15) is 9.18 Å². The molecule has 2 N–H and O–H groups in total. The van der Waals surface area contributed by atoms with E-state index in [2.05, 4.69) is 44.6 Å². The van der Waals surface area contributed by atoms with E-state index >= 15 is 0 Å². The first-order valence-corrected chi connectivity index (χ1v) is 11.7. The van der Waals surface area contributed by atoms with E-state index in [-0.39, 0.29) is 18.0 Å². The molecule has 11 heteroatoms. The molecule has 1 aromatic carbocycles. The average molecular weight is 485 g/mol. The van der Waals surface area contributed by atoms with E-state index in [1.807, 2.05) is 12.1 Å². The minimum Gasteiger partial charge on any atom is -0.368 e. The van der Waals surface area contributed by atoms with E-state index < -0.39 is 5.82 Å². The highest BCUT2D eigenvalue weighted by molar-refractivity contribution is 6.37. The van der Waals surface area contributed by atoms with E-state index in [4.69, 9.17) is 11.6 Å². The number of fused-ring (bicyclic) bond motifs is 2. The van der Waals surface area contributed by atoms with Crippen molar-refractivity contribution in [2.45, 2.75) is 46.2 Å². The Bertz CT molecular complexity index is 1400.